The van der Waals surface area contributed by atoms with Crippen molar-refractivity contribution in [1.29, 1.82) is 0 Å². The molecule has 1 fully saturated rings. The highest BCUT2D eigenvalue weighted by atomic mass is 16.5. The number of carboxylic acid groups (broad SMARTS) is 1. The Balaban J connectivity index is 0.000000701. The highest BCUT2D eigenvalue weighted by Gasteiger charge is 2.22. The fraction of sp³-hybridized carbons (Fsp3) is 0.438. The van der Waals surface area contributed by atoms with Crippen LogP contribution in [0.4, 0.5) is 5.82 Å². The first-order valence-electron chi connectivity index (χ1n) is 7.95. The van der Waals surface area contributed by atoms with Gasteiger partial charge in [-0.05, 0) is 31.7 Å². The zero-order valence-corrected chi connectivity index (χ0v) is 14.0. The largest absolute Gasteiger partial charge is 0.483 e. The maximum absolute atomic E-state index is 11.9. The summed E-state index contributed by atoms with van der Waals surface area (Å²) < 4.78 is 4.68. The number of anilines is 1. The van der Waals surface area contributed by atoms with E-state index in [4.69, 9.17) is 9.90 Å². The van der Waals surface area contributed by atoms with Gasteiger partial charge in [-0.1, -0.05) is 5.16 Å². The van der Waals surface area contributed by atoms with Gasteiger partial charge in [-0.2, -0.15) is 0 Å². The van der Waals surface area contributed by atoms with Crippen molar-refractivity contribution in [2.24, 2.45) is 5.92 Å². The molecule has 134 valence electrons. The van der Waals surface area contributed by atoms with Gasteiger partial charge in [-0.3, -0.25) is 9.59 Å². The van der Waals surface area contributed by atoms with Crippen LogP contribution in [0, 0.1) is 12.8 Å². The van der Waals surface area contributed by atoms with E-state index in [-0.39, 0.29) is 12.4 Å². The minimum Gasteiger partial charge on any atom is -0.483 e. The monoisotopic (exact) mass is 347 g/mol. The molecular formula is C16H21N5O4. The highest BCUT2D eigenvalue weighted by Crippen LogP contribution is 2.21. The summed E-state index contributed by atoms with van der Waals surface area (Å²) in [6, 6.07) is 3.50. The number of rotatable bonds is 4. The standard InChI is InChI=1S/C15H19N5O2.CH2O2/c1-11-16-6-4-14(18-11)20-7-2-3-12(10-20)9-17-15(21)13-5-8-22-19-13;2-1-3/h4-6,8,12H,2-3,7,9-10H2,1H3,(H,17,21);1H,(H,2,3). The van der Waals surface area contributed by atoms with E-state index in [1.54, 1.807) is 12.3 Å². The van der Waals surface area contributed by atoms with Gasteiger partial charge in [0.25, 0.3) is 12.4 Å². The SMILES string of the molecule is Cc1nccc(N2CCCC(CNC(=O)c3ccon3)C2)n1.O=CO. The predicted molar refractivity (Wildman–Crippen MR) is 89.2 cm³/mol. The quantitative estimate of drug-likeness (QED) is 0.789. The molecule has 2 N–H and O–H groups in total. The molecule has 1 aliphatic rings. The first-order valence-corrected chi connectivity index (χ1v) is 7.95. The lowest BCUT2D eigenvalue weighted by Gasteiger charge is -2.33. The average molecular weight is 347 g/mol. The summed E-state index contributed by atoms with van der Waals surface area (Å²) in [5, 5.41) is 13.4. The number of carbonyl (C=O) groups is 2. The molecule has 9 nitrogen and oxygen atoms in total. The van der Waals surface area contributed by atoms with Crippen molar-refractivity contribution in [3.63, 3.8) is 0 Å². The van der Waals surface area contributed by atoms with Gasteiger partial charge in [0, 0.05) is 31.9 Å². The lowest BCUT2D eigenvalue weighted by molar-refractivity contribution is -0.122. The minimum atomic E-state index is -0.250. The first kappa shape index (κ1) is 18.4. The Morgan fingerprint density at radius 3 is 3.00 bits per heavy atom. The number of carbonyl (C=O) groups excluding carboxylic acids is 1. The highest BCUT2D eigenvalue weighted by molar-refractivity contribution is 5.91. The Labute approximate surface area is 145 Å². The third-order valence-corrected chi connectivity index (χ3v) is 3.83. The molecule has 0 bridgehead atoms. The van der Waals surface area contributed by atoms with E-state index in [1.807, 2.05) is 13.0 Å². The lowest BCUT2D eigenvalue weighted by Crippen LogP contribution is -2.41. The number of nitrogens with zero attached hydrogens (tertiary/aromatic N) is 4. The third-order valence-electron chi connectivity index (χ3n) is 3.83. The zero-order valence-electron chi connectivity index (χ0n) is 14.0. The van der Waals surface area contributed by atoms with Crippen molar-refractivity contribution in [2.45, 2.75) is 19.8 Å². The Kier molecular flexibility index (Phi) is 6.87. The van der Waals surface area contributed by atoms with Gasteiger partial charge in [0.2, 0.25) is 0 Å². The number of amides is 1. The molecule has 1 saturated heterocycles. The minimum absolute atomic E-state index is 0.191. The summed E-state index contributed by atoms with van der Waals surface area (Å²) in [5.74, 6) is 1.95. The molecule has 0 radical (unpaired) electrons. The van der Waals surface area contributed by atoms with E-state index in [0.29, 0.717) is 18.2 Å². The van der Waals surface area contributed by atoms with Crippen LogP contribution < -0.4 is 10.2 Å². The molecule has 2 aromatic heterocycles. The van der Waals surface area contributed by atoms with Crippen LogP contribution in [0.2, 0.25) is 0 Å². The van der Waals surface area contributed by atoms with Gasteiger partial charge in [0.15, 0.2) is 5.69 Å². The third kappa shape index (κ3) is 5.55. The lowest BCUT2D eigenvalue weighted by atomic mass is 9.98. The first-order chi connectivity index (χ1) is 12.1. The Morgan fingerprint density at radius 2 is 2.32 bits per heavy atom. The smallest absolute Gasteiger partial charge is 0.290 e. The molecular weight excluding hydrogens is 326 g/mol. The topological polar surface area (TPSA) is 121 Å². The molecule has 3 rings (SSSR count). The second-order valence-electron chi connectivity index (χ2n) is 5.62. The number of aromatic nitrogens is 3. The van der Waals surface area contributed by atoms with Crippen LogP contribution in [0.15, 0.2) is 29.1 Å². The van der Waals surface area contributed by atoms with Gasteiger partial charge < -0.3 is 19.8 Å². The maximum Gasteiger partial charge on any atom is 0.290 e. The molecule has 2 aromatic rings. The second-order valence-corrected chi connectivity index (χ2v) is 5.62. The van der Waals surface area contributed by atoms with E-state index in [2.05, 4.69) is 29.9 Å². The van der Waals surface area contributed by atoms with E-state index >= 15 is 0 Å². The predicted octanol–water partition coefficient (Wildman–Crippen LogP) is 1.12. The Bertz CT molecular complexity index is 677. The molecule has 0 aliphatic carbocycles. The Hall–Kier alpha value is -2.97. The molecule has 3 heterocycles. The molecule has 0 aromatic carbocycles. The van der Waals surface area contributed by atoms with Crippen molar-refractivity contribution >= 4 is 18.2 Å². The van der Waals surface area contributed by atoms with Crippen LogP contribution in [0.3, 0.4) is 0 Å². The van der Waals surface area contributed by atoms with Gasteiger partial charge in [-0.25, -0.2) is 9.97 Å². The molecule has 1 amide bonds. The normalized spacial score (nSPS) is 16.5. The van der Waals surface area contributed by atoms with Gasteiger partial charge in [-0.15, -0.1) is 0 Å². The number of aryl methyl sites for hydroxylation is 1. The number of hydrogen-bond donors (Lipinski definition) is 2. The molecule has 1 unspecified atom stereocenters. The van der Waals surface area contributed by atoms with E-state index in [0.717, 1.165) is 37.6 Å². The molecule has 0 spiro atoms. The fourth-order valence-electron chi connectivity index (χ4n) is 2.72. The van der Waals surface area contributed by atoms with Crippen molar-refractivity contribution in [3.05, 3.63) is 36.1 Å². The van der Waals surface area contributed by atoms with Gasteiger partial charge in [0.1, 0.15) is 17.9 Å². The maximum atomic E-state index is 11.9. The van der Waals surface area contributed by atoms with Crippen LogP contribution in [0.5, 0.6) is 0 Å². The van der Waals surface area contributed by atoms with E-state index in [9.17, 15) is 4.79 Å². The zero-order chi connectivity index (χ0) is 18.1. The van der Waals surface area contributed by atoms with Crippen molar-refractivity contribution in [3.8, 4) is 0 Å². The second kappa shape index (κ2) is 9.36. The van der Waals surface area contributed by atoms with Gasteiger partial charge in [0.05, 0.1) is 0 Å². The van der Waals surface area contributed by atoms with Crippen molar-refractivity contribution in [2.75, 3.05) is 24.5 Å². The van der Waals surface area contributed by atoms with Gasteiger partial charge >= 0.3 is 0 Å². The molecule has 1 atom stereocenters. The summed E-state index contributed by atoms with van der Waals surface area (Å²) in [6.07, 6.45) is 5.37. The number of piperidine rings is 1. The molecule has 25 heavy (non-hydrogen) atoms. The van der Waals surface area contributed by atoms with Crippen molar-refractivity contribution in [1.82, 2.24) is 20.4 Å². The summed E-state index contributed by atoms with van der Waals surface area (Å²) in [4.78, 5) is 31.1. The fourth-order valence-corrected chi connectivity index (χ4v) is 2.72. The molecule has 0 saturated carbocycles. The van der Waals surface area contributed by atoms with Crippen LogP contribution in [-0.4, -0.2) is 52.2 Å². The molecule has 9 heteroatoms. The summed E-state index contributed by atoms with van der Waals surface area (Å²) in [6.45, 7) is 4.15. The average Bonchev–Trinajstić information content (AvgIpc) is 3.15. The summed E-state index contributed by atoms with van der Waals surface area (Å²) in [7, 11) is 0. The van der Waals surface area contributed by atoms with Crippen LogP contribution in [0.1, 0.15) is 29.2 Å². The van der Waals surface area contributed by atoms with Crippen molar-refractivity contribution < 1.29 is 19.2 Å². The van der Waals surface area contributed by atoms with Crippen LogP contribution >= 0.6 is 0 Å². The van der Waals surface area contributed by atoms with Crippen LogP contribution in [-0.2, 0) is 4.79 Å². The number of nitrogens with one attached hydrogen (secondary N) is 1. The van der Waals surface area contributed by atoms with E-state index < -0.39 is 0 Å². The summed E-state index contributed by atoms with van der Waals surface area (Å²) >= 11 is 0. The van der Waals surface area contributed by atoms with E-state index in [1.165, 1.54) is 6.26 Å². The number of hydrogen-bond acceptors (Lipinski definition) is 7. The Morgan fingerprint density at radius 1 is 1.52 bits per heavy atom. The van der Waals surface area contributed by atoms with Crippen LogP contribution in [0.25, 0.3) is 0 Å². The summed E-state index contributed by atoms with van der Waals surface area (Å²) in [5.41, 5.74) is 0.319. The molecule has 1 aliphatic heterocycles.